The summed E-state index contributed by atoms with van der Waals surface area (Å²) < 4.78 is 8.01. The van der Waals surface area contributed by atoms with E-state index in [1.807, 2.05) is 13.8 Å². The lowest BCUT2D eigenvalue weighted by Crippen LogP contribution is -2.11. The van der Waals surface area contributed by atoms with Gasteiger partial charge in [0.15, 0.2) is 5.82 Å². The number of aromatic nitrogens is 3. The number of aromatic carboxylic acids is 1. The van der Waals surface area contributed by atoms with Crippen molar-refractivity contribution in [2.75, 3.05) is 0 Å². The van der Waals surface area contributed by atoms with E-state index in [9.17, 15) is 4.79 Å². The lowest BCUT2D eigenvalue weighted by molar-refractivity contribution is 0.0696. The number of rotatable bonds is 5. The maximum Gasteiger partial charge on any atom is 0.335 e. The molecule has 2 rings (SSSR count). The molecule has 0 saturated carbocycles. The molecule has 1 aromatic heterocycles. The average molecular weight is 340 g/mol. The average Bonchev–Trinajstić information content (AvgIpc) is 2.85. The summed E-state index contributed by atoms with van der Waals surface area (Å²) in [4.78, 5) is 15.0. The van der Waals surface area contributed by atoms with Gasteiger partial charge in [-0.3, -0.25) is 0 Å². The smallest absolute Gasteiger partial charge is 0.335 e. The minimum absolute atomic E-state index is 0.203. The predicted molar refractivity (Wildman–Crippen MR) is 75.8 cm³/mol. The van der Waals surface area contributed by atoms with E-state index in [0.717, 1.165) is 0 Å². The van der Waals surface area contributed by atoms with E-state index < -0.39 is 5.97 Å². The van der Waals surface area contributed by atoms with Crippen molar-refractivity contribution in [2.24, 2.45) is 0 Å². The normalized spacial score (nSPS) is 10.8. The van der Waals surface area contributed by atoms with Crippen molar-refractivity contribution in [3.8, 4) is 5.75 Å². The molecule has 106 valence electrons. The van der Waals surface area contributed by atoms with Crippen LogP contribution in [-0.2, 0) is 6.61 Å². The van der Waals surface area contributed by atoms with Crippen molar-refractivity contribution < 1.29 is 14.6 Å². The molecule has 1 heterocycles. The first kappa shape index (κ1) is 14.5. The number of benzene rings is 1. The van der Waals surface area contributed by atoms with Crippen LogP contribution in [-0.4, -0.2) is 25.8 Å². The van der Waals surface area contributed by atoms with Gasteiger partial charge in [-0.15, -0.1) is 0 Å². The highest BCUT2D eigenvalue weighted by atomic mass is 79.9. The molecule has 2 aromatic rings. The third-order valence-electron chi connectivity index (χ3n) is 2.67. The fourth-order valence-corrected chi connectivity index (χ4v) is 2.20. The Kier molecular flexibility index (Phi) is 4.39. The number of hydrogen-bond acceptors (Lipinski definition) is 4. The lowest BCUT2D eigenvalue weighted by atomic mass is 10.2. The van der Waals surface area contributed by atoms with Gasteiger partial charge >= 0.3 is 5.97 Å². The van der Waals surface area contributed by atoms with E-state index in [0.29, 0.717) is 16.0 Å². The summed E-state index contributed by atoms with van der Waals surface area (Å²) in [5, 5.41) is 13.0. The number of carboxylic acids is 1. The van der Waals surface area contributed by atoms with Gasteiger partial charge in [-0.1, -0.05) is 0 Å². The Morgan fingerprint density at radius 2 is 2.25 bits per heavy atom. The molecule has 1 N–H and O–H groups in total. The molecule has 0 spiro atoms. The summed E-state index contributed by atoms with van der Waals surface area (Å²) in [6.07, 6.45) is 1.49. The summed E-state index contributed by atoms with van der Waals surface area (Å²) in [5.41, 5.74) is 0.203. The second kappa shape index (κ2) is 6.04. The number of carbonyl (C=O) groups is 1. The molecule has 6 nitrogen and oxygen atoms in total. The van der Waals surface area contributed by atoms with Gasteiger partial charge < -0.3 is 9.84 Å². The van der Waals surface area contributed by atoms with Crippen LogP contribution in [0.2, 0.25) is 0 Å². The van der Waals surface area contributed by atoms with Gasteiger partial charge in [-0.2, -0.15) is 5.10 Å². The standard InChI is InChI=1S/C13H14BrN3O3/c1-8(2)17-12(15-7-16-17)6-20-11-4-3-9(13(18)19)5-10(11)14/h3-5,7-8H,6H2,1-2H3,(H,18,19). The molecule has 0 unspecified atom stereocenters. The van der Waals surface area contributed by atoms with Crippen LogP contribution >= 0.6 is 15.9 Å². The Morgan fingerprint density at radius 1 is 1.50 bits per heavy atom. The molecule has 7 heteroatoms. The molecule has 0 bridgehead atoms. The van der Waals surface area contributed by atoms with E-state index in [4.69, 9.17) is 9.84 Å². The Labute approximate surface area is 124 Å². The van der Waals surface area contributed by atoms with Crippen LogP contribution in [0.15, 0.2) is 29.0 Å². The fraction of sp³-hybridized carbons (Fsp3) is 0.308. The predicted octanol–water partition coefficient (Wildman–Crippen LogP) is 2.90. The van der Waals surface area contributed by atoms with Crippen LogP contribution in [0.1, 0.15) is 36.1 Å². The maximum absolute atomic E-state index is 10.8. The van der Waals surface area contributed by atoms with E-state index in [2.05, 4.69) is 26.0 Å². The minimum atomic E-state index is -0.975. The van der Waals surface area contributed by atoms with Gasteiger partial charge in [-0.05, 0) is 48.0 Å². The number of halogens is 1. The summed E-state index contributed by atoms with van der Waals surface area (Å²) in [6, 6.07) is 4.82. The molecule has 0 fully saturated rings. The van der Waals surface area contributed by atoms with E-state index in [-0.39, 0.29) is 18.2 Å². The van der Waals surface area contributed by atoms with Crippen molar-refractivity contribution in [3.63, 3.8) is 0 Å². The second-order valence-electron chi connectivity index (χ2n) is 4.45. The molecule has 20 heavy (non-hydrogen) atoms. The molecule has 0 radical (unpaired) electrons. The Bertz CT molecular complexity index is 625. The number of nitrogens with zero attached hydrogens (tertiary/aromatic N) is 3. The third kappa shape index (κ3) is 3.16. The Balaban J connectivity index is 2.11. The van der Waals surface area contributed by atoms with Gasteiger partial charge in [0.2, 0.25) is 0 Å². The van der Waals surface area contributed by atoms with Crippen molar-refractivity contribution in [3.05, 3.63) is 40.4 Å². The SMILES string of the molecule is CC(C)n1ncnc1COc1ccc(C(=O)O)cc1Br. The molecule has 0 amide bonds. The highest BCUT2D eigenvalue weighted by Gasteiger charge is 2.11. The Morgan fingerprint density at radius 3 is 2.85 bits per heavy atom. The zero-order chi connectivity index (χ0) is 14.7. The minimum Gasteiger partial charge on any atom is -0.484 e. The molecule has 1 aromatic carbocycles. The number of carboxylic acid groups (broad SMARTS) is 1. The van der Waals surface area contributed by atoms with Gasteiger partial charge in [0.1, 0.15) is 18.7 Å². The molecule has 0 saturated heterocycles. The largest absolute Gasteiger partial charge is 0.484 e. The van der Waals surface area contributed by atoms with Crippen molar-refractivity contribution >= 4 is 21.9 Å². The van der Waals surface area contributed by atoms with E-state index in [1.165, 1.54) is 18.5 Å². The lowest BCUT2D eigenvalue weighted by Gasteiger charge is -2.11. The Hall–Kier alpha value is -1.89. The topological polar surface area (TPSA) is 77.2 Å². The molecule has 0 aliphatic heterocycles. The molecular formula is C13H14BrN3O3. The second-order valence-corrected chi connectivity index (χ2v) is 5.31. The summed E-state index contributed by atoms with van der Waals surface area (Å²) >= 11 is 3.30. The molecular weight excluding hydrogens is 326 g/mol. The zero-order valence-corrected chi connectivity index (χ0v) is 12.7. The molecule has 0 atom stereocenters. The molecule has 0 aliphatic carbocycles. The number of ether oxygens (including phenoxy) is 1. The first-order valence-corrected chi connectivity index (χ1v) is 6.82. The highest BCUT2D eigenvalue weighted by molar-refractivity contribution is 9.10. The third-order valence-corrected chi connectivity index (χ3v) is 3.29. The molecule has 0 aliphatic rings. The van der Waals surface area contributed by atoms with Gasteiger partial charge in [0.25, 0.3) is 0 Å². The van der Waals surface area contributed by atoms with Gasteiger partial charge in [0, 0.05) is 6.04 Å². The first-order valence-electron chi connectivity index (χ1n) is 6.03. The quantitative estimate of drug-likeness (QED) is 0.906. The van der Waals surface area contributed by atoms with E-state index in [1.54, 1.807) is 10.7 Å². The van der Waals surface area contributed by atoms with Crippen LogP contribution in [0.4, 0.5) is 0 Å². The monoisotopic (exact) mass is 339 g/mol. The van der Waals surface area contributed by atoms with Gasteiger partial charge in [-0.25, -0.2) is 14.5 Å². The van der Waals surface area contributed by atoms with Crippen LogP contribution in [0.25, 0.3) is 0 Å². The van der Waals surface area contributed by atoms with Crippen LogP contribution in [0.5, 0.6) is 5.75 Å². The van der Waals surface area contributed by atoms with Crippen LogP contribution in [0.3, 0.4) is 0 Å². The van der Waals surface area contributed by atoms with Crippen LogP contribution in [0, 0.1) is 0 Å². The van der Waals surface area contributed by atoms with Crippen LogP contribution < -0.4 is 4.74 Å². The van der Waals surface area contributed by atoms with E-state index >= 15 is 0 Å². The zero-order valence-electron chi connectivity index (χ0n) is 11.1. The summed E-state index contributed by atoms with van der Waals surface area (Å²) in [5.74, 6) is 0.305. The summed E-state index contributed by atoms with van der Waals surface area (Å²) in [7, 11) is 0. The van der Waals surface area contributed by atoms with Crippen molar-refractivity contribution in [2.45, 2.75) is 26.5 Å². The first-order chi connectivity index (χ1) is 9.49. The number of hydrogen-bond donors (Lipinski definition) is 1. The fourth-order valence-electron chi connectivity index (χ4n) is 1.70. The maximum atomic E-state index is 10.8. The van der Waals surface area contributed by atoms with Crippen molar-refractivity contribution in [1.82, 2.24) is 14.8 Å². The van der Waals surface area contributed by atoms with Crippen molar-refractivity contribution in [1.29, 1.82) is 0 Å². The highest BCUT2D eigenvalue weighted by Crippen LogP contribution is 2.26. The van der Waals surface area contributed by atoms with Gasteiger partial charge in [0.05, 0.1) is 10.0 Å². The summed E-state index contributed by atoms with van der Waals surface area (Å²) in [6.45, 7) is 4.29.